The van der Waals surface area contributed by atoms with Crippen molar-refractivity contribution < 1.29 is 19.4 Å². The molecule has 0 spiro atoms. The second-order valence-electron chi connectivity index (χ2n) is 5.58. The number of aliphatic carboxylic acids is 1. The number of likely N-dealkylation sites (tertiary alicyclic amines) is 1. The standard InChI is InChI=1S/C16H22N2O4S/c1-11-4-3-5-12(8-11)22-13-9-18(10-13)16(21)17-14(15(19)20)6-7-23-2/h3-5,8,13-14H,6-7,9-10H2,1-2H3,(H,17,21)(H,19,20). The Morgan fingerprint density at radius 3 is 2.83 bits per heavy atom. The molecule has 2 rings (SSSR count). The molecule has 1 saturated heterocycles. The van der Waals surface area contributed by atoms with E-state index in [1.807, 2.05) is 37.4 Å². The lowest BCUT2D eigenvalue weighted by atomic mass is 10.1. The number of thioether (sulfide) groups is 1. The molecule has 1 unspecified atom stereocenters. The van der Waals surface area contributed by atoms with Crippen molar-refractivity contribution in [2.24, 2.45) is 0 Å². The zero-order valence-corrected chi connectivity index (χ0v) is 14.1. The van der Waals surface area contributed by atoms with Crippen LogP contribution in [-0.4, -0.2) is 59.3 Å². The van der Waals surface area contributed by atoms with Crippen LogP contribution in [0.3, 0.4) is 0 Å². The maximum atomic E-state index is 12.0. The molecule has 1 heterocycles. The molecule has 1 aromatic rings. The summed E-state index contributed by atoms with van der Waals surface area (Å²) in [5.41, 5.74) is 1.12. The van der Waals surface area contributed by atoms with Gasteiger partial charge >= 0.3 is 12.0 Å². The molecule has 0 bridgehead atoms. The fourth-order valence-electron chi connectivity index (χ4n) is 2.29. The quantitative estimate of drug-likeness (QED) is 0.795. The van der Waals surface area contributed by atoms with Gasteiger partial charge in [-0.25, -0.2) is 9.59 Å². The summed E-state index contributed by atoms with van der Waals surface area (Å²) in [7, 11) is 0. The van der Waals surface area contributed by atoms with Crippen LogP contribution in [0.15, 0.2) is 24.3 Å². The third-order valence-corrected chi connectivity index (χ3v) is 4.28. The fourth-order valence-corrected chi connectivity index (χ4v) is 2.76. The lowest BCUT2D eigenvalue weighted by Crippen LogP contribution is -2.60. The highest BCUT2D eigenvalue weighted by Crippen LogP contribution is 2.19. The van der Waals surface area contributed by atoms with Crippen LogP contribution < -0.4 is 10.1 Å². The molecule has 0 saturated carbocycles. The summed E-state index contributed by atoms with van der Waals surface area (Å²) >= 11 is 1.56. The minimum absolute atomic E-state index is 0.0444. The monoisotopic (exact) mass is 338 g/mol. The minimum Gasteiger partial charge on any atom is -0.487 e. The first-order valence-electron chi connectivity index (χ1n) is 7.50. The number of nitrogens with one attached hydrogen (secondary N) is 1. The number of carbonyl (C=O) groups excluding carboxylic acids is 1. The van der Waals surface area contributed by atoms with E-state index in [-0.39, 0.29) is 12.1 Å². The number of ether oxygens (including phenoxy) is 1. The van der Waals surface area contributed by atoms with Crippen LogP contribution in [-0.2, 0) is 4.79 Å². The normalized spacial score (nSPS) is 15.7. The van der Waals surface area contributed by atoms with E-state index in [2.05, 4.69) is 5.32 Å². The molecule has 1 fully saturated rings. The van der Waals surface area contributed by atoms with Gasteiger partial charge in [0.25, 0.3) is 0 Å². The van der Waals surface area contributed by atoms with Gasteiger partial charge in [-0.15, -0.1) is 0 Å². The molecule has 6 nitrogen and oxygen atoms in total. The van der Waals surface area contributed by atoms with Gasteiger partial charge in [-0.05, 0) is 43.0 Å². The highest BCUT2D eigenvalue weighted by molar-refractivity contribution is 7.98. The SMILES string of the molecule is CSCCC(NC(=O)N1CC(Oc2cccc(C)c2)C1)C(=O)O. The molecule has 1 aromatic carbocycles. The van der Waals surface area contributed by atoms with Gasteiger partial charge in [0.1, 0.15) is 17.9 Å². The molecule has 2 N–H and O–H groups in total. The molecule has 0 aromatic heterocycles. The summed E-state index contributed by atoms with van der Waals surface area (Å²) in [5, 5.41) is 11.7. The fraction of sp³-hybridized carbons (Fsp3) is 0.500. The molecule has 1 aliphatic rings. The average molecular weight is 338 g/mol. The highest BCUT2D eigenvalue weighted by atomic mass is 32.2. The predicted octanol–water partition coefficient (Wildman–Crippen LogP) is 1.97. The summed E-state index contributed by atoms with van der Waals surface area (Å²) in [6.45, 7) is 2.93. The Labute approximate surface area is 140 Å². The number of carboxylic acids is 1. The van der Waals surface area contributed by atoms with Crippen molar-refractivity contribution in [1.29, 1.82) is 0 Å². The largest absolute Gasteiger partial charge is 0.487 e. The van der Waals surface area contributed by atoms with Gasteiger partial charge in [0.15, 0.2) is 0 Å². The highest BCUT2D eigenvalue weighted by Gasteiger charge is 2.34. The number of benzene rings is 1. The van der Waals surface area contributed by atoms with Crippen molar-refractivity contribution in [3.63, 3.8) is 0 Å². The molecular weight excluding hydrogens is 316 g/mol. The molecule has 7 heteroatoms. The van der Waals surface area contributed by atoms with E-state index in [0.29, 0.717) is 25.3 Å². The van der Waals surface area contributed by atoms with E-state index >= 15 is 0 Å². The van der Waals surface area contributed by atoms with Crippen LogP contribution in [0.25, 0.3) is 0 Å². The van der Waals surface area contributed by atoms with Crippen molar-refractivity contribution in [3.8, 4) is 5.75 Å². The molecule has 126 valence electrons. The summed E-state index contributed by atoms with van der Waals surface area (Å²) in [6, 6.07) is 6.57. The molecule has 2 amide bonds. The first kappa shape index (κ1) is 17.5. The number of amides is 2. The number of carbonyl (C=O) groups is 2. The Hall–Kier alpha value is -1.89. The smallest absolute Gasteiger partial charge is 0.326 e. The lowest BCUT2D eigenvalue weighted by molar-refractivity contribution is -0.139. The summed E-state index contributed by atoms with van der Waals surface area (Å²) in [5.74, 6) is 0.481. The van der Waals surface area contributed by atoms with Crippen LogP contribution in [0.5, 0.6) is 5.75 Å². The lowest BCUT2D eigenvalue weighted by Gasteiger charge is -2.39. The third kappa shape index (κ3) is 5.06. The van der Waals surface area contributed by atoms with Gasteiger partial charge in [0, 0.05) is 0 Å². The van der Waals surface area contributed by atoms with Gasteiger partial charge in [-0.1, -0.05) is 12.1 Å². The Balaban J connectivity index is 1.77. The van der Waals surface area contributed by atoms with Gasteiger partial charge < -0.3 is 20.1 Å². The number of hydrogen-bond acceptors (Lipinski definition) is 4. The average Bonchev–Trinajstić information content (AvgIpc) is 2.46. The number of hydrogen-bond donors (Lipinski definition) is 2. The predicted molar refractivity (Wildman–Crippen MR) is 90.1 cm³/mol. The van der Waals surface area contributed by atoms with E-state index in [1.165, 1.54) is 0 Å². The van der Waals surface area contributed by atoms with Crippen molar-refractivity contribution in [2.45, 2.75) is 25.5 Å². The number of carboxylic acid groups (broad SMARTS) is 1. The molecule has 0 aliphatic carbocycles. The Morgan fingerprint density at radius 1 is 1.48 bits per heavy atom. The van der Waals surface area contributed by atoms with Gasteiger partial charge in [0.2, 0.25) is 0 Å². The van der Waals surface area contributed by atoms with Crippen LogP contribution in [0.1, 0.15) is 12.0 Å². The third-order valence-electron chi connectivity index (χ3n) is 3.63. The van der Waals surface area contributed by atoms with Crippen LogP contribution in [0.4, 0.5) is 4.79 Å². The number of nitrogens with zero attached hydrogens (tertiary/aromatic N) is 1. The Kier molecular flexibility index (Phi) is 6.15. The summed E-state index contributed by atoms with van der Waals surface area (Å²) in [6.07, 6.45) is 2.28. The molecule has 23 heavy (non-hydrogen) atoms. The zero-order valence-electron chi connectivity index (χ0n) is 13.3. The topological polar surface area (TPSA) is 78.9 Å². The van der Waals surface area contributed by atoms with Crippen molar-refractivity contribution >= 4 is 23.8 Å². The second kappa shape index (κ2) is 8.10. The number of urea groups is 1. The minimum atomic E-state index is -1.000. The summed E-state index contributed by atoms with van der Waals surface area (Å²) < 4.78 is 5.79. The Morgan fingerprint density at radius 2 is 2.22 bits per heavy atom. The first-order chi connectivity index (χ1) is 11.0. The second-order valence-corrected chi connectivity index (χ2v) is 6.57. The zero-order chi connectivity index (χ0) is 16.8. The maximum Gasteiger partial charge on any atom is 0.326 e. The van der Waals surface area contributed by atoms with Crippen LogP contribution in [0.2, 0.25) is 0 Å². The molecule has 1 aliphatic heterocycles. The van der Waals surface area contributed by atoms with Crippen molar-refractivity contribution in [3.05, 3.63) is 29.8 Å². The van der Waals surface area contributed by atoms with Gasteiger partial charge in [0.05, 0.1) is 13.1 Å². The maximum absolute atomic E-state index is 12.0. The van der Waals surface area contributed by atoms with E-state index < -0.39 is 12.0 Å². The summed E-state index contributed by atoms with van der Waals surface area (Å²) in [4.78, 5) is 24.7. The van der Waals surface area contributed by atoms with E-state index in [9.17, 15) is 9.59 Å². The van der Waals surface area contributed by atoms with E-state index in [1.54, 1.807) is 16.7 Å². The van der Waals surface area contributed by atoms with E-state index in [0.717, 1.165) is 11.3 Å². The Bertz CT molecular complexity index is 561. The first-order valence-corrected chi connectivity index (χ1v) is 8.89. The molecular formula is C16H22N2O4S. The molecule has 0 radical (unpaired) electrons. The number of rotatable bonds is 7. The molecule has 1 atom stereocenters. The van der Waals surface area contributed by atoms with Crippen molar-refractivity contribution in [1.82, 2.24) is 10.2 Å². The van der Waals surface area contributed by atoms with Gasteiger partial charge in [-0.2, -0.15) is 11.8 Å². The van der Waals surface area contributed by atoms with Crippen LogP contribution in [0, 0.1) is 6.92 Å². The van der Waals surface area contributed by atoms with Crippen LogP contribution >= 0.6 is 11.8 Å². The van der Waals surface area contributed by atoms with E-state index in [4.69, 9.17) is 9.84 Å². The van der Waals surface area contributed by atoms with Crippen molar-refractivity contribution in [2.75, 3.05) is 25.1 Å². The van der Waals surface area contributed by atoms with Gasteiger partial charge in [-0.3, -0.25) is 0 Å². The number of aryl methyl sites for hydroxylation is 1.